The lowest BCUT2D eigenvalue weighted by molar-refractivity contribution is -0.121. The highest BCUT2D eigenvalue weighted by Crippen LogP contribution is 2.33. The Labute approximate surface area is 149 Å². The van der Waals surface area contributed by atoms with Crippen LogP contribution in [0.1, 0.15) is 50.6 Å². The number of fused-ring (bicyclic) bond motifs is 1. The predicted octanol–water partition coefficient (Wildman–Crippen LogP) is 2.80. The SMILES string of the molecule is CSc1ncc(CNC(=O)CC[C@@H]2CCCN3CCCC[C@H]23)n1C. The van der Waals surface area contributed by atoms with Crippen molar-refractivity contribution in [3.63, 3.8) is 0 Å². The topological polar surface area (TPSA) is 50.2 Å². The maximum atomic E-state index is 12.2. The number of carbonyl (C=O) groups is 1. The Balaban J connectivity index is 1.44. The molecular weight excluding hydrogens is 320 g/mol. The van der Waals surface area contributed by atoms with Gasteiger partial charge >= 0.3 is 0 Å². The molecule has 1 amide bonds. The lowest BCUT2D eigenvalue weighted by Gasteiger charge is -2.44. The van der Waals surface area contributed by atoms with Gasteiger partial charge in [0, 0.05) is 19.5 Å². The highest BCUT2D eigenvalue weighted by atomic mass is 32.2. The summed E-state index contributed by atoms with van der Waals surface area (Å²) in [5.41, 5.74) is 1.06. The first-order valence-corrected chi connectivity index (χ1v) is 10.5. The minimum Gasteiger partial charge on any atom is -0.350 e. The number of imidazole rings is 1. The molecular formula is C18H30N4OS. The molecule has 3 rings (SSSR count). The van der Waals surface area contributed by atoms with Gasteiger partial charge in [-0.05, 0) is 57.4 Å². The van der Waals surface area contributed by atoms with E-state index in [9.17, 15) is 4.79 Å². The lowest BCUT2D eigenvalue weighted by atomic mass is 9.81. The van der Waals surface area contributed by atoms with E-state index >= 15 is 0 Å². The Bertz CT molecular complexity index is 557. The second-order valence-corrected chi connectivity index (χ2v) is 7.89. The van der Waals surface area contributed by atoms with E-state index in [1.165, 1.54) is 45.2 Å². The van der Waals surface area contributed by atoms with Crippen LogP contribution in [0.5, 0.6) is 0 Å². The fraction of sp³-hybridized carbons (Fsp3) is 0.778. The quantitative estimate of drug-likeness (QED) is 0.802. The summed E-state index contributed by atoms with van der Waals surface area (Å²) in [7, 11) is 2.00. The molecule has 1 N–H and O–H groups in total. The van der Waals surface area contributed by atoms with Crippen molar-refractivity contribution in [1.29, 1.82) is 0 Å². The molecule has 2 atom stereocenters. The van der Waals surface area contributed by atoms with Crippen molar-refractivity contribution in [1.82, 2.24) is 19.8 Å². The van der Waals surface area contributed by atoms with Crippen LogP contribution in [0.4, 0.5) is 0 Å². The van der Waals surface area contributed by atoms with Gasteiger partial charge in [0.25, 0.3) is 0 Å². The van der Waals surface area contributed by atoms with Crippen molar-refractivity contribution in [3.8, 4) is 0 Å². The van der Waals surface area contributed by atoms with Crippen LogP contribution in [0.3, 0.4) is 0 Å². The molecule has 2 saturated heterocycles. The Morgan fingerprint density at radius 1 is 1.33 bits per heavy atom. The number of hydrogen-bond acceptors (Lipinski definition) is 4. The molecule has 3 heterocycles. The van der Waals surface area contributed by atoms with Crippen molar-refractivity contribution < 1.29 is 4.79 Å². The van der Waals surface area contributed by atoms with E-state index in [2.05, 4.69) is 15.2 Å². The second-order valence-electron chi connectivity index (χ2n) is 7.11. The summed E-state index contributed by atoms with van der Waals surface area (Å²) in [6.07, 6.45) is 12.2. The normalized spacial score (nSPS) is 24.6. The first-order chi connectivity index (χ1) is 11.7. The van der Waals surface area contributed by atoms with Gasteiger partial charge in [-0.25, -0.2) is 4.98 Å². The monoisotopic (exact) mass is 350 g/mol. The summed E-state index contributed by atoms with van der Waals surface area (Å²) in [4.78, 5) is 19.3. The van der Waals surface area contributed by atoms with Crippen molar-refractivity contribution in [3.05, 3.63) is 11.9 Å². The molecule has 24 heavy (non-hydrogen) atoms. The molecule has 0 bridgehead atoms. The fourth-order valence-electron chi connectivity index (χ4n) is 4.29. The van der Waals surface area contributed by atoms with Gasteiger partial charge in [0.15, 0.2) is 5.16 Å². The number of carbonyl (C=O) groups excluding carboxylic acids is 1. The molecule has 2 aliphatic heterocycles. The van der Waals surface area contributed by atoms with Gasteiger partial charge in [0.1, 0.15) is 0 Å². The van der Waals surface area contributed by atoms with E-state index in [4.69, 9.17) is 0 Å². The Kier molecular flexibility index (Phi) is 6.22. The number of rotatable bonds is 6. The highest BCUT2D eigenvalue weighted by Gasteiger charge is 2.32. The Hall–Kier alpha value is -1.01. The predicted molar refractivity (Wildman–Crippen MR) is 98.0 cm³/mol. The molecule has 2 fully saturated rings. The molecule has 0 radical (unpaired) electrons. The third-order valence-electron chi connectivity index (χ3n) is 5.66. The van der Waals surface area contributed by atoms with Gasteiger partial charge in [-0.3, -0.25) is 4.79 Å². The van der Waals surface area contributed by atoms with Gasteiger partial charge in [-0.2, -0.15) is 0 Å². The number of piperidine rings is 2. The van der Waals surface area contributed by atoms with Gasteiger partial charge in [-0.15, -0.1) is 0 Å². The van der Waals surface area contributed by atoms with Gasteiger partial charge < -0.3 is 14.8 Å². The molecule has 0 spiro atoms. The molecule has 0 aliphatic carbocycles. The van der Waals surface area contributed by atoms with Gasteiger partial charge in [0.2, 0.25) is 5.91 Å². The van der Waals surface area contributed by atoms with Crippen molar-refractivity contribution in [2.75, 3.05) is 19.3 Å². The summed E-state index contributed by atoms with van der Waals surface area (Å²) in [5.74, 6) is 0.888. The summed E-state index contributed by atoms with van der Waals surface area (Å²) in [6.45, 7) is 3.11. The standard InChI is InChI=1S/C18H30N4OS/c1-21-15(13-20-18(21)24-2)12-19-17(23)9-8-14-6-5-11-22-10-4-3-7-16(14)22/h13-14,16H,3-12H2,1-2H3,(H,19,23)/t14-,16+/m0/s1. The van der Waals surface area contributed by atoms with Crippen LogP contribution in [0.25, 0.3) is 0 Å². The molecule has 2 aliphatic rings. The Morgan fingerprint density at radius 2 is 2.17 bits per heavy atom. The van der Waals surface area contributed by atoms with Crippen LogP contribution in [0, 0.1) is 5.92 Å². The lowest BCUT2D eigenvalue weighted by Crippen LogP contribution is -2.48. The number of amides is 1. The second kappa shape index (κ2) is 8.39. The maximum Gasteiger partial charge on any atom is 0.220 e. The maximum absolute atomic E-state index is 12.2. The van der Waals surface area contributed by atoms with E-state index in [0.29, 0.717) is 18.9 Å². The van der Waals surface area contributed by atoms with Crippen molar-refractivity contribution in [2.45, 2.75) is 62.7 Å². The van der Waals surface area contributed by atoms with Crippen LogP contribution < -0.4 is 5.32 Å². The molecule has 5 nitrogen and oxygen atoms in total. The molecule has 1 aromatic rings. The minimum atomic E-state index is 0.176. The first kappa shape index (κ1) is 17.8. The van der Waals surface area contributed by atoms with E-state index in [1.54, 1.807) is 11.8 Å². The zero-order valence-electron chi connectivity index (χ0n) is 15.0. The average Bonchev–Trinajstić information content (AvgIpc) is 2.98. The minimum absolute atomic E-state index is 0.176. The smallest absolute Gasteiger partial charge is 0.220 e. The third kappa shape index (κ3) is 4.14. The first-order valence-electron chi connectivity index (χ1n) is 9.24. The number of nitrogens with zero attached hydrogens (tertiary/aromatic N) is 3. The van der Waals surface area contributed by atoms with Crippen LogP contribution in [0.15, 0.2) is 11.4 Å². The zero-order chi connectivity index (χ0) is 16.9. The van der Waals surface area contributed by atoms with E-state index in [1.807, 2.05) is 24.1 Å². The van der Waals surface area contributed by atoms with Crippen LogP contribution >= 0.6 is 11.8 Å². The molecule has 0 aromatic carbocycles. The van der Waals surface area contributed by atoms with Crippen LogP contribution in [-0.4, -0.2) is 45.7 Å². The fourth-order valence-corrected chi connectivity index (χ4v) is 4.84. The Morgan fingerprint density at radius 3 is 2.96 bits per heavy atom. The number of thioether (sulfide) groups is 1. The van der Waals surface area contributed by atoms with Crippen molar-refractivity contribution in [2.24, 2.45) is 13.0 Å². The van der Waals surface area contributed by atoms with E-state index < -0.39 is 0 Å². The third-order valence-corrected chi connectivity index (χ3v) is 6.41. The van der Waals surface area contributed by atoms with Crippen LogP contribution in [0.2, 0.25) is 0 Å². The summed E-state index contributed by atoms with van der Waals surface area (Å²) >= 11 is 1.62. The number of nitrogens with one attached hydrogen (secondary N) is 1. The van der Waals surface area contributed by atoms with Crippen molar-refractivity contribution >= 4 is 17.7 Å². The highest BCUT2D eigenvalue weighted by molar-refractivity contribution is 7.98. The summed E-state index contributed by atoms with van der Waals surface area (Å²) in [5, 5.41) is 4.05. The van der Waals surface area contributed by atoms with Gasteiger partial charge in [-0.1, -0.05) is 18.2 Å². The zero-order valence-corrected chi connectivity index (χ0v) is 15.8. The summed E-state index contributed by atoms with van der Waals surface area (Å²) < 4.78 is 2.05. The van der Waals surface area contributed by atoms with Crippen LogP contribution in [-0.2, 0) is 18.4 Å². The van der Waals surface area contributed by atoms with E-state index in [0.717, 1.165) is 23.3 Å². The number of hydrogen-bond donors (Lipinski definition) is 1. The number of aromatic nitrogens is 2. The molecule has 134 valence electrons. The largest absolute Gasteiger partial charge is 0.350 e. The molecule has 6 heteroatoms. The van der Waals surface area contributed by atoms with Gasteiger partial charge in [0.05, 0.1) is 18.4 Å². The summed E-state index contributed by atoms with van der Waals surface area (Å²) in [6, 6.07) is 0.738. The average molecular weight is 351 g/mol. The molecule has 0 saturated carbocycles. The molecule has 0 unspecified atom stereocenters. The van der Waals surface area contributed by atoms with E-state index in [-0.39, 0.29) is 5.91 Å². The molecule has 1 aromatic heterocycles.